The number of para-hydroxylation sites is 1. The molecule has 0 amide bonds. The number of nitrogens with two attached hydrogens (primary N) is 1. The molecule has 28 heavy (non-hydrogen) atoms. The summed E-state index contributed by atoms with van der Waals surface area (Å²) in [6, 6.07) is 22.0. The van der Waals surface area contributed by atoms with Crippen molar-refractivity contribution >= 4 is 12.4 Å². The van der Waals surface area contributed by atoms with Gasteiger partial charge in [-0.25, -0.2) is 0 Å². The standard InChI is InChI=1S/C21H18F3NO2.ClH/c22-21(23,24)27-17-12-10-16(11-13-17)20(25)18-8-4-5-9-19(18)26-14-15-6-2-1-3-7-15;/h1-13,20H,14,25H2;1H/t20-;/m0./s1. The first-order valence-electron chi connectivity index (χ1n) is 8.29. The molecule has 3 nitrogen and oxygen atoms in total. The lowest BCUT2D eigenvalue weighted by atomic mass is 9.98. The molecule has 0 bridgehead atoms. The van der Waals surface area contributed by atoms with Gasteiger partial charge in [0.15, 0.2) is 0 Å². The zero-order valence-electron chi connectivity index (χ0n) is 14.7. The van der Waals surface area contributed by atoms with E-state index < -0.39 is 12.4 Å². The van der Waals surface area contributed by atoms with Crippen molar-refractivity contribution < 1.29 is 22.6 Å². The van der Waals surface area contributed by atoms with Gasteiger partial charge in [-0.15, -0.1) is 25.6 Å². The average Bonchev–Trinajstić information content (AvgIpc) is 2.66. The van der Waals surface area contributed by atoms with E-state index in [9.17, 15) is 13.2 Å². The number of benzene rings is 3. The fraction of sp³-hybridized carbons (Fsp3) is 0.143. The van der Waals surface area contributed by atoms with Crippen LogP contribution in [0.25, 0.3) is 0 Å². The van der Waals surface area contributed by atoms with Gasteiger partial charge in [0.1, 0.15) is 18.1 Å². The molecule has 2 N–H and O–H groups in total. The maximum atomic E-state index is 12.3. The third-order valence-corrected chi connectivity index (χ3v) is 3.96. The first-order chi connectivity index (χ1) is 12.9. The number of hydrogen-bond donors (Lipinski definition) is 1. The normalized spacial score (nSPS) is 12.0. The number of rotatable bonds is 6. The predicted octanol–water partition coefficient (Wildman–Crippen LogP) is 5.63. The van der Waals surface area contributed by atoms with Gasteiger partial charge in [-0.2, -0.15) is 0 Å². The third-order valence-electron chi connectivity index (χ3n) is 3.96. The van der Waals surface area contributed by atoms with Crippen molar-refractivity contribution in [1.82, 2.24) is 0 Å². The third kappa shape index (κ3) is 5.90. The van der Waals surface area contributed by atoms with Crippen LogP contribution in [0.5, 0.6) is 11.5 Å². The Hall–Kier alpha value is -2.70. The molecule has 0 aliphatic heterocycles. The first-order valence-corrected chi connectivity index (χ1v) is 8.29. The molecule has 0 saturated heterocycles. The van der Waals surface area contributed by atoms with Crippen LogP contribution in [0.1, 0.15) is 22.7 Å². The summed E-state index contributed by atoms with van der Waals surface area (Å²) in [6.07, 6.45) is -4.72. The monoisotopic (exact) mass is 409 g/mol. The van der Waals surface area contributed by atoms with E-state index in [1.54, 1.807) is 0 Å². The smallest absolute Gasteiger partial charge is 0.489 e. The molecule has 148 valence electrons. The Labute approximate surface area is 167 Å². The highest BCUT2D eigenvalue weighted by Gasteiger charge is 2.31. The van der Waals surface area contributed by atoms with Gasteiger partial charge < -0.3 is 15.2 Å². The number of alkyl halides is 3. The lowest BCUT2D eigenvalue weighted by molar-refractivity contribution is -0.274. The summed E-state index contributed by atoms with van der Waals surface area (Å²) < 4.78 is 46.6. The van der Waals surface area contributed by atoms with Crippen LogP contribution in [0.4, 0.5) is 13.2 Å². The van der Waals surface area contributed by atoms with E-state index in [-0.39, 0.29) is 18.2 Å². The number of halogens is 4. The first kappa shape index (κ1) is 21.6. The van der Waals surface area contributed by atoms with E-state index in [0.717, 1.165) is 11.1 Å². The van der Waals surface area contributed by atoms with E-state index in [0.29, 0.717) is 17.9 Å². The molecular weight excluding hydrogens is 391 g/mol. The molecule has 3 rings (SSSR count). The summed E-state index contributed by atoms with van der Waals surface area (Å²) >= 11 is 0. The Kier molecular flexibility index (Phi) is 7.31. The van der Waals surface area contributed by atoms with E-state index in [2.05, 4.69) is 4.74 Å². The lowest BCUT2D eigenvalue weighted by Crippen LogP contribution is -2.17. The van der Waals surface area contributed by atoms with Crippen LogP contribution >= 0.6 is 12.4 Å². The van der Waals surface area contributed by atoms with Gasteiger partial charge in [-0.3, -0.25) is 0 Å². The van der Waals surface area contributed by atoms with Crippen LogP contribution in [0, 0.1) is 0 Å². The Bertz CT molecular complexity index is 871. The SMILES string of the molecule is Cl.N[C@@H](c1ccc(OC(F)(F)F)cc1)c1ccccc1OCc1ccccc1. The van der Waals surface area contributed by atoms with Crippen LogP contribution in [-0.2, 0) is 6.61 Å². The van der Waals surface area contributed by atoms with Crippen LogP contribution in [0.2, 0.25) is 0 Å². The van der Waals surface area contributed by atoms with Crippen molar-refractivity contribution in [3.63, 3.8) is 0 Å². The predicted molar refractivity (Wildman–Crippen MR) is 104 cm³/mol. The van der Waals surface area contributed by atoms with E-state index in [1.807, 2.05) is 54.6 Å². The van der Waals surface area contributed by atoms with Crippen LogP contribution < -0.4 is 15.2 Å². The minimum absolute atomic E-state index is 0. The largest absolute Gasteiger partial charge is 0.573 e. The van der Waals surface area contributed by atoms with Crippen LogP contribution in [-0.4, -0.2) is 6.36 Å². The summed E-state index contributed by atoms with van der Waals surface area (Å²) in [6.45, 7) is 0.392. The molecule has 0 saturated carbocycles. The molecule has 0 aromatic heterocycles. The van der Waals surface area contributed by atoms with Gasteiger partial charge >= 0.3 is 6.36 Å². The van der Waals surface area contributed by atoms with E-state index in [4.69, 9.17) is 10.5 Å². The Morgan fingerprint density at radius 3 is 2.07 bits per heavy atom. The fourth-order valence-corrected chi connectivity index (χ4v) is 2.66. The van der Waals surface area contributed by atoms with Crippen molar-refractivity contribution in [3.8, 4) is 11.5 Å². The Morgan fingerprint density at radius 1 is 0.821 bits per heavy atom. The maximum Gasteiger partial charge on any atom is 0.573 e. The minimum Gasteiger partial charge on any atom is -0.489 e. The quantitative estimate of drug-likeness (QED) is 0.573. The minimum atomic E-state index is -4.72. The second kappa shape index (κ2) is 9.48. The lowest BCUT2D eigenvalue weighted by Gasteiger charge is -2.18. The number of ether oxygens (including phenoxy) is 2. The summed E-state index contributed by atoms with van der Waals surface area (Å²) in [5.41, 5.74) is 8.74. The van der Waals surface area contributed by atoms with E-state index >= 15 is 0 Å². The molecule has 1 atom stereocenters. The Balaban J connectivity index is 0.00000280. The highest BCUT2D eigenvalue weighted by molar-refractivity contribution is 5.85. The highest BCUT2D eigenvalue weighted by Crippen LogP contribution is 2.30. The zero-order valence-corrected chi connectivity index (χ0v) is 15.5. The summed E-state index contributed by atoms with van der Waals surface area (Å²) in [5.74, 6) is 0.344. The summed E-state index contributed by atoms with van der Waals surface area (Å²) in [5, 5.41) is 0. The molecule has 0 spiro atoms. The Morgan fingerprint density at radius 2 is 1.43 bits per heavy atom. The fourth-order valence-electron chi connectivity index (χ4n) is 2.66. The molecule has 0 heterocycles. The number of hydrogen-bond acceptors (Lipinski definition) is 3. The summed E-state index contributed by atoms with van der Waals surface area (Å²) in [4.78, 5) is 0. The molecule has 3 aromatic rings. The molecule has 0 aliphatic carbocycles. The van der Waals surface area contributed by atoms with Gasteiger partial charge in [-0.1, -0.05) is 60.7 Å². The van der Waals surface area contributed by atoms with Gasteiger partial charge in [0.25, 0.3) is 0 Å². The van der Waals surface area contributed by atoms with Gasteiger partial charge in [0.05, 0.1) is 6.04 Å². The average molecular weight is 410 g/mol. The molecular formula is C21H19ClF3NO2. The van der Waals surface area contributed by atoms with Gasteiger partial charge in [0.2, 0.25) is 0 Å². The van der Waals surface area contributed by atoms with Gasteiger partial charge in [-0.05, 0) is 29.3 Å². The van der Waals surface area contributed by atoms with E-state index in [1.165, 1.54) is 24.3 Å². The molecule has 0 radical (unpaired) electrons. The van der Waals surface area contributed by atoms with Crippen LogP contribution in [0.3, 0.4) is 0 Å². The molecule has 7 heteroatoms. The second-order valence-corrected chi connectivity index (χ2v) is 5.91. The molecule has 0 aliphatic rings. The summed E-state index contributed by atoms with van der Waals surface area (Å²) in [7, 11) is 0. The van der Waals surface area contributed by atoms with Crippen molar-refractivity contribution in [3.05, 3.63) is 95.6 Å². The highest BCUT2D eigenvalue weighted by atomic mass is 35.5. The zero-order chi connectivity index (χ0) is 19.3. The van der Waals surface area contributed by atoms with Crippen molar-refractivity contribution in [2.45, 2.75) is 19.0 Å². The second-order valence-electron chi connectivity index (χ2n) is 5.91. The molecule has 3 aromatic carbocycles. The van der Waals surface area contributed by atoms with Gasteiger partial charge in [0, 0.05) is 5.56 Å². The maximum absolute atomic E-state index is 12.3. The van der Waals surface area contributed by atoms with Crippen molar-refractivity contribution in [1.29, 1.82) is 0 Å². The molecule has 0 fully saturated rings. The molecule has 0 unspecified atom stereocenters. The topological polar surface area (TPSA) is 44.5 Å². The van der Waals surface area contributed by atoms with Crippen molar-refractivity contribution in [2.75, 3.05) is 0 Å². The van der Waals surface area contributed by atoms with Crippen molar-refractivity contribution in [2.24, 2.45) is 5.73 Å². The van der Waals surface area contributed by atoms with Crippen LogP contribution in [0.15, 0.2) is 78.9 Å².